The summed E-state index contributed by atoms with van der Waals surface area (Å²) in [5.74, 6) is 0.714. The second-order valence-corrected chi connectivity index (χ2v) is 5.75. The van der Waals surface area contributed by atoms with Gasteiger partial charge in [-0.05, 0) is 25.5 Å². The summed E-state index contributed by atoms with van der Waals surface area (Å²) < 4.78 is 30.6. The molecular weight excluding hydrogens is 264 g/mol. The Morgan fingerprint density at radius 2 is 1.89 bits per heavy atom. The largest absolute Gasteiger partial charge is 0.360 e. The molecule has 0 unspecified atom stereocenters. The summed E-state index contributed by atoms with van der Waals surface area (Å²) in [6, 6.07) is 9.04. The minimum Gasteiger partial charge on any atom is -0.360 e. The van der Waals surface area contributed by atoms with Crippen LogP contribution in [0.4, 0.5) is 5.82 Å². The maximum Gasteiger partial charge on any atom is 0.256 e. The van der Waals surface area contributed by atoms with Gasteiger partial charge in [0.15, 0.2) is 5.82 Å². The Labute approximate surface area is 112 Å². The molecule has 0 aliphatic rings. The van der Waals surface area contributed by atoms with Crippen LogP contribution >= 0.6 is 0 Å². The first kappa shape index (κ1) is 13.4. The van der Waals surface area contributed by atoms with Crippen molar-refractivity contribution < 1.29 is 12.9 Å². The maximum atomic E-state index is 11.8. The number of nitrogens with zero attached hydrogens (tertiary/aromatic N) is 1. The van der Waals surface area contributed by atoms with Gasteiger partial charge in [-0.1, -0.05) is 35.0 Å². The van der Waals surface area contributed by atoms with Gasteiger partial charge in [-0.2, -0.15) is 0 Å². The van der Waals surface area contributed by atoms with Crippen LogP contribution in [0.1, 0.15) is 16.9 Å². The van der Waals surface area contributed by atoms with Gasteiger partial charge in [0.1, 0.15) is 5.76 Å². The molecule has 0 spiro atoms. The fourth-order valence-corrected chi connectivity index (χ4v) is 2.23. The summed E-state index contributed by atoms with van der Waals surface area (Å²) in [7, 11) is -3.58. The van der Waals surface area contributed by atoms with Crippen LogP contribution in [-0.2, 0) is 10.0 Å². The lowest BCUT2D eigenvalue weighted by Gasteiger charge is -1.99. The van der Waals surface area contributed by atoms with Crippen molar-refractivity contribution in [2.75, 3.05) is 4.72 Å². The van der Waals surface area contributed by atoms with Crippen LogP contribution in [0.15, 0.2) is 40.3 Å². The molecule has 2 rings (SSSR count). The molecule has 0 saturated carbocycles. The smallest absolute Gasteiger partial charge is 0.256 e. The summed E-state index contributed by atoms with van der Waals surface area (Å²) in [4.78, 5) is 0. The van der Waals surface area contributed by atoms with Crippen LogP contribution in [0, 0.1) is 13.8 Å². The average molecular weight is 278 g/mol. The first-order valence-corrected chi connectivity index (χ1v) is 7.20. The standard InChI is InChI=1S/C13H14N2O3S/c1-10-3-5-12(6-4-10)7-8-19(16,17)15-13-9-11(2)18-14-13/h3-9H,1-2H3,(H,14,15)/b8-7+. The van der Waals surface area contributed by atoms with E-state index in [0.717, 1.165) is 16.5 Å². The van der Waals surface area contributed by atoms with Crippen molar-refractivity contribution in [1.29, 1.82) is 0 Å². The lowest BCUT2D eigenvalue weighted by atomic mass is 10.2. The van der Waals surface area contributed by atoms with Gasteiger partial charge in [-0.25, -0.2) is 8.42 Å². The Morgan fingerprint density at radius 1 is 1.21 bits per heavy atom. The van der Waals surface area contributed by atoms with E-state index in [4.69, 9.17) is 4.52 Å². The Bertz CT molecular complexity index is 685. The van der Waals surface area contributed by atoms with E-state index in [9.17, 15) is 8.42 Å². The topological polar surface area (TPSA) is 72.2 Å². The molecule has 1 heterocycles. The molecule has 1 aromatic heterocycles. The Hall–Kier alpha value is -2.08. The normalized spacial score (nSPS) is 11.9. The van der Waals surface area contributed by atoms with Crippen molar-refractivity contribution >= 4 is 21.9 Å². The summed E-state index contributed by atoms with van der Waals surface area (Å²) in [5, 5.41) is 4.67. The fraction of sp³-hybridized carbons (Fsp3) is 0.154. The molecule has 0 fully saturated rings. The van der Waals surface area contributed by atoms with Crippen molar-refractivity contribution in [3.63, 3.8) is 0 Å². The van der Waals surface area contributed by atoms with Gasteiger partial charge in [0.2, 0.25) is 0 Å². The van der Waals surface area contributed by atoms with E-state index in [2.05, 4.69) is 9.88 Å². The molecule has 0 aliphatic heterocycles. The SMILES string of the molecule is Cc1ccc(/C=C/S(=O)(=O)Nc2cc(C)on2)cc1. The Morgan fingerprint density at radius 3 is 2.47 bits per heavy atom. The molecule has 0 atom stereocenters. The average Bonchev–Trinajstić information content (AvgIpc) is 2.73. The second-order valence-electron chi connectivity index (χ2n) is 4.18. The summed E-state index contributed by atoms with van der Waals surface area (Å²) in [6.07, 6.45) is 1.52. The lowest BCUT2D eigenvalue weighted by Crippen LogP contribution is -2.08. The van der Waals surface area contributed by atoms with Crippen molar-refractivity contribution in [2.24, 2.45) is 0 Å². The molecule has 0 bridgehead atoms. The first-order valence-electron chi connectivity index (χ1n) is 5.65. The van der Waals surface area contributed by atoms with Gasteiger partial charge >= 0.3 is 0 Å². The number of aromatic nitrogens is 1. The van der Waals surface area contributed by atoms with Gasteiger partial charge in [0.05, 0.1) is 5.41 Å². The maximum absolute atomic E-state index is 11.8. The van der Waals surface area contributed by atoms with Crippen LogP contribution in [0.3, 0.4) is 0 Å². The third-order valence-corrected chi connectivity index (χ3v) is 3.38. The minimum atomic E-state index is -3.58. The van der Waals surface area contributed by atoms with E-state index >= 15 is 0 Å². The number of anilines is 1. The minimum absolute atomic E-state index is 0.172. The molecule has 5 nitrogen and oxygen atoms in total. The molecule has 0 aliphatic carbocycles. The zero-order valence-corrected chi connectivity index (χ0v) is 11.4. The zero-order chi connectivity index (χ0) is 13.9. The second kappa shape index (κ2) is 5.27. The van der Waals surface area contributed by atoms with Crippen molar-refractivity contribution in [2.45, 2.75) is 13.8 Å². The molecule has 0 amide bonds. The molecular formula is C13H14N2O3S. The van der Waals surface area contributed by atoms with Gasteiger partial charge in [-0.3, -0.25) is 4.72 Å². The van der Waals surface area contributed by atoms with E-state index in [1.54, 1.807) is 6.92 Å². The number of hydrogen-bond acceptors (Lipinski definition) is 4. The first-order chi connectivity index (χ1) is 8.94. The van der Waals surface area contributed by atoms with E-state index in [1.165, 1.54) is 12.1 Å². The third-order valence-electron chi connectivity index (χ3n) is 2.39. The lowest BCUT2D eigenvalue weighted by molar-refractivity contribution is 0.400. The van der Waals surface area contributed by atoms with E-state index in [0.29, 0.717) is 5.76 Å². The van der Waals surface area contributed by atoms with Crippen LogP contribution < -0.4 is 4.72 Å². The molecule has 1 N–H and O–H groups in total. The highest BCUT2D eigenvalue weighted by atomic mass is 32.2. The highest BCUT2D eigenvalue weighted by Crippen LogP contribution is 2.11. The van der Waals surface area contributed by atoms with Gasteiger partial charge in [0.25, 0.3) is 10.0 Å². The molecule has 100 valence electrons. The summed E-state index contributed by atoms with van der Waals surface area (Å²) >= 11 is 0. The molecule has 1 aromatic carbocycles. The molecule has 0 radical (unpaired) electrons. The van der Waals surface area contributed by atoms with Crippen molar-refractivity contribution in [1.82, 2.24) is 5.16 Å². The van der Waals surface area contributed by atoms with E-state index in [-0.39, 0.29) is 5.82 Å². The Balaban J connectivity index is 2.10. The quantitative estimate of drug-likeness (QED) is 0.933. The number of benzene rings is 1. The number of hydrogen-bond donors (Lipinski definition) is 1. The number of nitrogens with one attached hydrogen (secondary N) is 1. The van der Waals surface area contributed by atoms with Crippen molar-refractivity contribution in [3.8, 4) is 0 Å². The fourth-order valence-electron chi connectivity index (χ4n) is 1.44. The van der Waals surface area contributed by atoms with Gasteiger partial charge < -0.3 is 4.52 Å². The predicted molar refractivity (Wildman–Crippen MR) is 74.0 cm³/mol. The number of aryl methyl sites for hydroxylation is 2. The molecule has 19 heavy (non-hydrogen) atoms. The van der Waals surface area contributed by atoms with Crippen LogP contribution in [0.2, 0.25) is 0 Å². The summed E-state index contributed by atoms with van der Waals surface area (Å²) in [6.45, 7) is 3.66. The van der Waals surface area contributed by atoms with Gasteiger partial charge in [-0.15, -0.1) is 0 Å². The Kier molecular flexibility index (Phi) is 3.71. The zero-order valence-electron chi connectivity index (χ0n) is 10.6. The molecule has 6 heteroatoms. The highest BCUT2D eigenvalue weighted by Gasteiger charge is 2.08. The monoisotopic (exact) mass is 278 g/mol. The van der Waals surface area contributed by atoms with Crippen LogP contribution in [-0.4, -0.2) is 13.6 Å². The van der Waals surface area contributed by atoms with Crippen LogP contribution in [0.5, 0.6) is 0 Å². The molecule has 0 saturated heterocycles. The van der Waals surface area contributed by atoms with E-state index in [1.807, 2.05) is 31.2 Å². The molecule has 2 aromatic rings. The highest BCUT2D eigenvalue weighted by molar-refractivity contribution is 7.95. The predicted octanol–water partition coefficient (Wildman–Crippen LogP) is 2.70. The number of rotatable bonds is 4. The number of sulfonamides is 1. The van der Waals surface area contributed by atoms with Gasteiger partial charge in [0, 0.05) is 6.07 Å². The third kappa shape index (κ3) is 3.96. The van der Waals surface area contributed by atoms with Crippen LogP contribution in [0.25, 0.3) is 6.08 Å². The van der Waals surface area contributed by atoms with Crippen molar-refractivity contribution in [3.05, 3.63) is 52.6 Å². The summed E-state index contributed by atoms with van der Waals surface area (Å²) in [5.41, 5.74) is 1.93. The van der Waals surface area contributed by atoms with E-state index < -0.39 is 10.0 Å².